The molecule has 0 fully saturated rings. The number of aryl methyl sites for hydroxylation is 1. The third kappa shape index (κ3) is 9.28. The zero-order chi connectivity index (χ0) is 26.0. The van der Waals surface area contributed by atoms with Gasteiger partial charge in [-0.25, -0.2) is 13.0 Å². The molecule has 0 aliphatic carbocycles. The molecule has 35 heavy (non-hydrogen) atoms. The summed E-state index contributed by atoms with van der Waals surface area (Å²) in [6, 6.07) is 20.7. The van der Waals surface area contributed by atoms with Gasteiger partial charge in [0.25, 0.3) is 0 Å². The lowest BCUT2D eigenvalue weighted by molar-refractivity contribution is -0.671. The molecule has 0 aliphatic heterocycles. The number of benzene rings is 2. The number of rotatable bonds is 7. The fourth-order valence-corrected chi connectivity index (χ4v) is 2.96. The Hall–Kier alpha value is -3.60. The van der Waals surface area contributed by atoms with Crippen LogP contribution in [0.4, 0.5) is 11.4 Å². The van der Waals surface area contributed by atoms with E-state index in [1.54, 1.807) is 6.21 Å². The Morgan fingerprint density at radius 1 is 0.914 bits per heavy atom. The molecule has 0 bridgehead atoms. The number of hydrogen-bond acceptors (Lipinski definition) is 8. The molecule has 1 heterocycles. The normalized spacial score (nSPS) is 10.9. The van der Waals surface area contributed by atoms with Gasteiger partial charge in [-0.05, 0) is 30.3 Å². The maximum atomic E-state index is 9.22. The SMILES string of the molecule is CN(C)c1ccc(C(=NN=Cc2ccc[n+](C)c2)c2ccc(N(C)C)cc2)cc1.COS(=O)(=O)[O-]. The first-order valence-corrected chi connectivity index (χ1v) is 12.0. The molecule has 0 N–H and O–H groups in total. The Kier molecular flexibility index (Phi) is 10.1. The number of hydrogen-bond donors (Lipinski definition) is 0. The molecule has 3 aromatic rings. The van der Waals surface area contributed by atoms with Crippen LogP contribution in [0.5, 0.6) is 0 Å². The molecule has 0 unspecified atom stereocenters. The number of aromatic nitrogens is 1. The van der Waals surface area contributed by atoms with Crippen LogP contribution in [-0.4, -0.2) is 60.2 Å². The maximum absolute atomic E-state index is 9.22. The van der Waals surface area contributed by atoms with E-state index in [0.29, 0.717) is 0 Å². The van der Waals surface area contributed by atoms with Crippen molar-refractivity contribution in [1.29, 1.82) is 0 Å². The molecule has 0 radical (unpaired) electrons. The molecule has 2 aromatic carbocycles. The van der Waals surface area contributed by atoms with Gasteiger partial charge in [0.05, 0.1) is 18.9 Å². The maximum Gasteiger partial charge on any atom is 0.217 e. The Morgan fingerprint density at radius 2 is 1.37 bits per heavy atom. The Bertz CT molecular complexity index is 1200. The molecule has 0 aliphatic rings. The van der Waals surface area contributed by atoms with E-state index in [2.05, 4.69) is 72.7 Å². The summed E-state index contributed by atoms with van der Waals surface area (Å²) in [5.41, 5.74) is 6.21. The highest BCUT2D eigenvalue weighted by Gasteiger charge is 2.09. The number of anilines is 2. The van der Waals surface area contributed by atoms with Gasteiger partial charge in [-0.1, -0.05) is 24.3 Å². The second-order valence-corrected chi connectivity index (χ2v) is 9.10. The molecular formula is C25H31N5O4S. The van der Waals surface area contributed by atoms with Gasteiger partial charge >= 0.3 is 0 Å². The summed E-state index contributed by atoms with van der Waals surface area (Å²) in [6.45, 7) is 0. The Labute approximate surface area is 207 Å². The van der Waals surface area contributed by atoms with Gasteiger partial charge in [0.1, 0.15) is 12.8 Å². The third-order valence-corrected chi connectivity index (χ3v) is 5.25. The van der Waals surface area contributed by atoms with Crippen LogP contribution in [0, 0.1) is 0 Å². The monoisotopic (exact) mass is 497 g/mol. The minimum absolute atomic E-state index is 0.808. The van der Waals surface area contributed by atoms with Gasteiger partial charge in [0.15, 0.2) is 12.4 Å². The summed E-state index contributed by atoms with van der Waals surface area (Å²) < 4.78 is 33.0. The highest BCUT2D eigenvalue weighted by molar-refractivity contribution is 7.80. The van der Waals surface area contributed by atoms with Crippen molar-refractivity contribution >= 4 is 33.7 Å². The number of nitrogens with zero attached hydrogens (tertiary/aromatic N) is 5. The quantitative estimate of drug-likeness (QED) is 0.164. The van der Waals surface area contributed by atoms with Crippen LogP contribution in [0.1, 0.15) is 16.7 Å². The van der Waals surface area contributed by atoms with Crippen molar-refractivity contribution in [2.75, 3.05) is 45.1 Å². The van der Waals surface area contributed by atoms with E-state index in [4.69, 9.17) is 0 Å². The first kappa shape index (κ1) is 27.6. The topological polar surface area (TPSA) is 102 Å². The highest BCUT2D eigenvalue weighted by atomic mass is 32.3. The fraction of sp³-hybridized carbons (Fsp3) is 0.240. The molecule has 0 spiro atoms. The summed E-state index contributed by atoms with van der Waals surface area (Å²) in [7, 11) is 6.53. The molecule has 0 atom stereocenters. The van der Waals surface area contributed by atoms with Gasteiger partial charge in [0, 0.05) is 56.8 Å². The Morgan fingerprint density at radius 3 is 1.74 bits per heavy atom. The molecule has 0 saturated carbocycles. The fourth-order valence-electron chi connectivity index (χ4n) is 2.96. The van der Waals surface area contributed by atoms with E-state index in [9.17, 15) is 13.0 Å². The first-order chi connectivity index (χ1) is 16.5. The molecule has 186 valence electrons. The van der Waals surface area contributed by atoms with Crippen LogP contribution in [0.15, 0.2) is 83.3 Å². The van der Waals surface area contributed by atoms with Crippen molar-refractivity contribution in [3.8, 4) is 0 Å². The van der Waals surface area contributed by atoms with Gasteiger partial charge in [0.2, 0.25) is 10.4 Å². The van der Waals surface area contributed by atoms with E-state index in [1.165, 1.54) is 0 Å². The molecule has 0 saturated heterocycles. The number of pyridine rings is 1. The van der Waals surface area contributed by atoms with Gasteiger partial charge in [-0.15, -0.1) is 5.10 Å². The summed E-state index contributed by atoms with van der Waals surface area (Å²) in [6.07, 6.45) is 5.78. The third-order valence-electron chi connectivity index (χ3n) is 4.85. The van der Waals surface area contributed by atoms with E-state index in [0.717, 1.165) is 40.9 Å². The van der Waals surface area contributed by atoms with E-state index >= 15 is 0 Å². The summed E-state index contributed by atoms with van der Waals surface area (Å²) in [5.74, 6) is 0. The average Bonchev–Trinajstić information content (AvgIpc) is 2.82. The smallest absolute Gasteiger partial charge is 0.217 e. The predicted octanol–water partition coefficient (Wildman–Crippen LogP) is 2.61. The summed E-state index contributed by atoms with van der Waals surface area (Å²) in [5, 5.41) is 8.97. The molecule has 3 rings (SSSR count). The van der Waals surface area contributed by atoms with Crippen LogP contribution >= 0.6 is 0 Å². The van der Waals surface area contributed by atoms with Crippen molar-refractivity contribution in [2.24, 2.45) is 17.3 Å². The lowest BCUT2D eigenvalue weighted by Crippen LogP contribution is -2.26. The molecule has 0 amide bonds. The molecule has 1 aromatic heterocycles. The van der Waals surface area contributed by atoms with E-state index < -0.39 is 10.4 Å². The van der Waals surface area contributed by atoms with Crippen LogP contribution in [-0.2, 0) is 21.6 Å². The summed E-state index contributed by atoms with van der Waals surface area (Å²) in [4.78, 5) is 4.17. The van der Waals surface area contributed by atoms with Crippen LogP contribution in [0.25, 0.3) is 0 Å². The lowest BCUT2D eigenvalue weighted by Gasteiger charge is -2.15. The summed E-state index contributed by atoms with van der Waals surface area (Å²) >= 11 is 0. The molecule has 9 nitrogen and oxygen atoms in total. The van der Waals surface area contributed by atoms with Gasteiger partial charge in [-0.2, -0.15) is 5.10 Å². The second kappa shape index (κ2) is 12.7. The zero-order valence-corrected chi connectivity index (χ0v) is 21.6. The first-order valence-electron chi connectivity index (χ1n) is 10.6. The minimum Gasteiger partial charge on any atom is -0.726 e. The van der Waals surface area contributed by atoms with Gasteiger partial charge < -0.3 is 14.4 Å². The standard InChI is InChI=1S/C24H28N5.CH4O4S/c1-27(2)22-12-8-20(9-13-22)24(21-10-14-23(15-11-21)28(3)4)26-25-17-19-7-6-16-29(5)18-19;1-5-6(2,3)4/h6-18H,1-5H3;1H3,(H,2,3,4)/q+1;/p-1. The highest BCUT2D eigenvalue weighted by Crippen LogP contribution is 2.19. The van der Waals surface area contributed by atoms with Crippen LogP contribution in [0.2, 0.25) is 0 Å². The Balaban J connectivity index is 0.000000641. The van der Waals surface area contributed by atoms with Crippen molar-refractivity contribution < 1.29 is 21.7 Å². The van der Waals surface area contributed by atoms with E-state index in [1.807, 2.05) is 64.3 Å². The van der Waals surface area contributed by atoms with Crippen molar-refractivity contribution in [1.82, 2.24) is 0 Å². The van der Waals surface area contributed by atoms with Crippen LogP contribution < -0.4 is 14.4 Å². The largest absolute Gasteiger partial charge is 0.726 e. The van der Waals surface area contributed by atoms with Crippen molar-refractivity contribution in [2.45, 2.75) is 0 Å². The predicted molar refractivity (Wildman–Crippen MR) is 139 cm³/mol. The lowest BCUT2D eigenvalue weighted by atomic mass is 10.0. The molecular weight excluding hydrogens is 466 g/mol. The van der Waals surface area contributed by atoms with Crippen molar-refractivity contribution in [3.05, 3.63) is 89.7 Å². The van der Waals surface area contributed by atoms with Gasteiger partial charge in [-0.3, -0.25) is 4.18 Å². The minimum atomic E-state index is -4.41. The zero-order valence-electron chi connectivity index (χ0n) is 20.8. The van der Waals surface area contributed by atoms with E-state index in [-0.39, 0.29) is 0 Å². The van der Waals surface area contributed by atoms with Crippen molar-refractivity contribution in [3.63, 3.8) is 0 Å². The average molecular weight is 498 g/mol. The van der Waals surface area contributed by atoms with Crippen LogP contribution in [0.3, 0.4) is 0 Å². The molecule has 10 heteroatoms. The second-order valence-electron chi connectivity index (χ2n) is 7.95.